The zero-order valence-electron chi connectivity index (χ0n) is 26.5. The van der Waals surface area contributed by atoms with Gasteiger partial charge in [0.15, 0.2) is 0 Å². The molecule has 1 aromatic rings. The first-order valence-electron chi connectivity index (χ1n) is 15.4. The Labute approximate surface area is 254 Å². The highest BCUT2D eigenvalue weighted by atomic mass is 16.5. The Morgan fingerprint density at radius 3 is 2.56 bits per heavy atom. The summed E-state index contributed by atoms with van der Waals surface area (Å²) in [5.74, 6) is -0.137. The minimum Gasteiger partial charge on any atom is -0.496 e. The van der Waals surface area contributed by atoms with Gasteiger partial charge in [-0.3, -0.25) is 24.1 Å². The predicted octanol–water partition coefficient (Wildman–Crippen LogP) is 2.25. The summed E-state index contributed by atoms with van der Waals surface area (Å²) < 4.78 is 11.9. The molecular weight excluding hydrogens is 550 g/mol. The summed E-state index contributed by atoms with van der Waals surface area (Å²) in [7, 11) is 5.29. The van der Waals surface area contributed by atoms with Crippen molar-refractivity contribution in [1.82, 2.24) is 25.3 Å². The number of hydrogen-bond donors (Lipinski definition) is 2. The SMILES string of the molecule is CCC(C)[C@H](C(=O)NC(C(=O)N1CC[C@@H]2Oc3ccc(OC)c(c3)/C=C/NC(=O)[C@@H]3CCCN3C(=O)[C@H]21)C(C)C)N(C)C. The summed E-state index contributed by atoms with van der Waals surface area (Å²) in [4.78, 5) is 60.3. The molecule has 2 unspecified atom stereocenters. The standard InChI is InChI=1S/C32H47N5O6/c1-8-20(4)27(35(5)6)30(39)34-26(19(2)3)31(40)37-17-14-25-28(37)32(41)36-16-9-10-23(36)29(38)33-15-13-21-18-22(43-25)11-12-24(21)42-7/h11-13,15,18-20,23,25-28H,8-10,14,16-17H2,1-7H3,(H,33,38)(H,34,39)/b15-13+/t20?,23-,25-,26?,27+,28-/m0/s1. The fraction of sp³-hybridized carbons (Fsp3) is 0.625. The molecular formula is C32H47N5O6. The van der Waals surface area contributed by atoms with E-state index in [-0.39, 0.29) is 42.0 Å². The fourth-order valence-corrected chi connectivity index (χ4v) is 6.46. The van der Waals surface area contributed by atoms with Crippen molar-refractivity contribution in [2.75, 3.05) is 34.3 Å². The maximum atomic E-state index is 14.3. The Kier molecular flexibility index (Phi) is 10.4. The van der Waals surface area contributed by atoms with Crippen LogP contribution < -0.4 is 20.1 Å². The van der Waals surface area contributed by atoms with Crippen LogP contribution in [0.2, 0.25) is 0 Å². The van der Waals surface area contributed by atoms with Crippen molar-refractivity contribution in [3.63, 3.8) is 0 Å². The van der Waals surface area contributed by atoms with Crippen molar-refractivity contribution in [2.45, 2.75) is 83.6 Å². The first-order valence-corrected chi connectivity index (χ1v) is 15.4. The summed E-state index contributed by atoms with van der Waals surface area (Å²) in [5.41, 5.74) is 0.705. The first kappa shape index (κ1) is 32.3. The third-order valence-electron chi connectivity index (χ3n) is 8.93. The number of fused-ring (bicyclic) bond motifs is 4. The van der Waals surface area contributed by atoms with Gasteiger partial charge in [0.05, 0.1) is 13.2 Å². The number of hydrogen-bond acceptors (Lipinski definition) is 7. The van der Waals surface area contributed by atoms with Gasteiger partial charge in [-0.2, -0.15) is 0 Å². The van der Waals surface area contributed by atoms with Gasteiger partial charge in [-0.05, 0) is 63.0 Å². The first-order chi connectivity index (χ1) is 20.5. The van der Waals surface area contributed by atoms with Crippen LogP contribution in [0.3, 0.4) is 0 Å². The van der Waals surface area contributed by atoms with Crippen molar-refractivity contribution >= 4 is 29.7 Å². The van der Waals surface area contributed by atoms with E-state index in [4.69, 9.17) is 9.47 Å². The van der Waals surface area contributed by atoms with Gasteiger partial charge in [0, 0.05) is 31.3 Å². The molecule has 11 heteroatoms. The molecule has 2 fully saturated rings. The van der Waals surface area contributed by atoms with Crippen molar-refractivity contribution < 1.29 is 28.7 Å². The summed E-state index contributed by atoms with van der Waals surface area (Å²) in [6, 6.07) is 2.50. The zero-order valence-corrected chi connectivity index (χ0v) is 26.5. The maximum absolute atomic E-state index is 14.3. The molecule has 4 amide bonds. The average Bonchev–Trinajstić information content (AvgIpc) is 3.62. The largest absolute Gasteiger partial charge is 0.496 e. The molecule has 4 rings (SSSR count). The topological polar surface area (TPSA) is 121 Å². The fourth-order valence-electron chi connectivity index (χ4n) is 6.46. The molecule has 43 heavy (non-hydrogen) atoms. The van der Waals surface area contributed by atoms with Gasteiger partial charge in [-0.1, -0.05) is 34.1 Å². The lowest BCUT2D eigenvalue weighted by atomic mass is 9.95. The number of nitrogens with one attached hydrogen (secondary N) is 2. The number of carbonyl (C=O) groups excluding carboxylic acids is 4. The minimum atomic E-state index is -0.947. The number of likely N-dealkylation sites (tertiary alicyclic amines) is 1. The van der Waals surface area contributed by atoms with Crippen molar-refractivity contribution in [2.24, 2.45) is 11.8 Å². The molecule has 2 bridgehead atoms. The monoisotopic (exact) mass is 597 g/mol. The van der Waals surface area contributed by atoms with Crippen LogP contribution in [0.5, 0.6) is 11.5 Å². The highest BCUT2D eigenvalue weighted by molar-refractivity contribution is 5.96. The number of likely N-dealkylation sites (N-methyl/N-ethyl adjacent to an activating group) is 1. The molecule has 3 aliphatic heterocycles. The quantitative estimate of drug-likeness (QED) is 0.472. The van der Waals surface area contributed by atoms with E-state index < -0.39 is 30.3 Å². The third-order valence-corrected chi connectivity index (χ3v) is 8.93. The normalized spacial score (nSPS) is 24.9. The van der Waals surface area contributed by atoms with Crippen LogP contribution in [0.15, 0.2) is 24.4 Å². The van der Waals surface area contributed by atoms with E-state index >= 15 is 0 Å². The number of nitrogens with zero attached hydrogens (tertiary/aromatic N) is 3. The molecule has 11 nitrogen and oxygen atoms in total. The van der Waals surface area contributed by atoms with Crippen LogP contribution in [0.1, 0.15) is 58.9 Å². The number of ether oxygens (including phenoxy) is 2. The number of benzene rings is 1. The lowest BCUT2D eigenvalue weighted by Crippen LogP contribution is -2.61. The number of carbonyl (C=O) groups is 4. The molecule has 236 valence electrons. The summed E-state index contributed by atoms with van der Waals surface area (Å²) in [5, 5.41) is 5.84. The van der Waals surface area contributed by atoms with E-state index in [1.807, 2.05) is 46.7 Å². The average molecular weight is 598 g/mol. The van der Waals surface area contributed by atoms with Crippen LogP contribution >= 0.6 is 0 Å². The van der Waals surface area contributed by atoms with Gasteiger partial charge in [-0.15, -0.1) is 0 Å². The van der Waals surface area contributed by atoms with Gasteiger partial charge >= 0.3 is 0 Å². The molecule has 0 saturated carbocycles. The highest BCUT2D eigenvalue weighted by Crippen LogP contribution is 2.32. The van der Waals surface area contributed by atoms with E-state index in [0.29, 0.717) is 42.9 Å². The number of amides is 4. The van der Waals surface area contributed by atoms with Gasteiger partial charge in [0.2, 0.25) is 23.6 Å². The Morgan fingerprint density at radius 2 is 1.91 bits per heavy atom. The zero-order chi connectivity index (χ0) is 31.4. The van der Waals surface area contributed by atoms with E-state index in [1.165, 1.54) is 0 Å². The molecule has 1 aromatic carbocycles. The van der Waals surface area contributed by atoms with Gasteiger partial charge in [-0.25, -0.2) is 0 Å². The van der Waals surface area contributed by atoms with Crippen molar-refractivity contribution in [1.29, 1.82) is 0 Å². The Morgan fingerprint density at radius 1 is 1.16 bits per heavy atom. The Hall–Kier alpha value is -3.60. The van der Waals surface area contributed by atoms with Crippen molar-refractivity contribution in [3.05, 3.63) is 30.0 Å². The molecule has 0 aromatic heterocycles. The smallest absolute Gasteiger partial charge is 0.249 e. The predicted molar refractivity (Wildman–Crippen MR) is 163 cm³/mol. The van der Waals surface area contributed by atoms with E-state index in [9.17, 15) is 19.2 Å². The maximum Gasteiger partial charge on any atom is 0.249 e. The second-order valence-corrected chi connectivity index (χ2v) is 12.4. The minimum absolute atomic E-state index is 0.0848. The van der Waals surface area contributed by atoms with E-state index in [0.717, 1.165) is 6.42 Å². The lowest BCUT2D eigenvalue weighted by molar-refractivity contribution is -0.150. The molecule has 6 atom stereocenters. The third kappa shape index (κ3) is 6.82. The lowest BCUT2D eigenvalue weighted by Gasteiger charge is -2.36. The van der Waals surface area contributed by atoms with Crippen LogP contribution in [0.4, 0.5) is 0 Å². The summed E-state index contributed by atoms with van der Waals surface area (Å²) in [6.07, 6.45) is 5.10. The molecule has 0 aliphatic carbocycles. The molecule has 3 aliphatic rings. The summed E-state index contributed by atoms with van der Waals surface area (Å²) in [6.45, 7) is 8.54. The molecule has 2 saturated heterocycles. The molecule has 2 N–H and O–H groups in total. The van der Waals surface area contributed by atoms with Gasteiger partial charge in [0.25, 0.3) is 0 Å². The van der Waals surface area contributed by atoms with Crippen LogP contribution in [0, 0.1) is 11.8 Å². The Bertz CT molecular complexity index is 1230. The number of rotatable bonds is 8. The van der Waals surface area contributed by atoms with Crippen molar-refractivity contribution in [3.8, 4) is 11.5 Å². The van der Waals surface area contributed by atoms with Crippen LogP contribution in [-0.4, -0.2) is 103 Å². The van der Waals surface area contributed by atoms with E-state index in [2.05, 4.69) is 10.6 Å². The second kappa shape index (κ2) is 13.8. The van der Waals surface area contributed by atoms with Crippen LogP contribution in [0.25, 0.3) is 6.08 Å². The van der Waals surface area contributed by atoms with Crippen LogP contribution in [-0.2, 0) is 19.2 Å². The second-order valence-electron chi connectivity index (χ2n) is 12.4. The molecule has 0 radical (unpaired) electrons. The molecule has 0 spiro atoms. The Balaban J connectivity index is 1.69. The van der Waals surface area contributed by atoms with Gasteiger partial charge in [0.1, 0.15) is 35.7 Å². The highest BCUT2D eigenvalue weighted by Gasteiger charge is 2.49. The van der Waals surface area contributed by atoms with Gasteiger partial charge < -0.3 is 29.9 Å². The molecule has 3 heterocycles. The van der Waals surface area contributed by atoms with E-state index in [1.54, 1.807) is 47.4 Å². The summed E-state index contributed by atoms with van der Waals surface area (Å²) >= 11 is 0. The number of methoxy groups -OCH3 is 1.